The van der Waals surface area contributed by atoms with Crippen LogP contribution in [0.5, 0.6) is 0 Å². The molecular weight excluding hydrogens is 544 g/mol. The van der Waals surface area contributed by atoms with Gasteiger partial charge in [0.2, 0.25) is 0 Å². The molecule has 2 aliphatic rings. The third-order valence-electron chi connectivity index (χ3n) is 11.5. The van der Waals surface area contributed by atoms with E-state index in [-0.39, 0.29) is 10.8 Å². The molecule has 2 aromatic heterocycles. The number of fused-ring (bicyclic) bond motifs is 6. The van der Waals surface area contributed by atoms with Crippen molar-refractivity contribution in [2.45, 2.75) is 57.8 Å². The third kappa shape index (κ3) is 3.60. The van der Waals surface area contributed by atoms with E-state index in [4.69, 9.17) is 4.98 Å². The second-order valence-electron chi connectivity index (χ2n) is 13.9. The number of rotatable bonds is 5. The van der Waals surface area contributed by atoms with Gasteiger partial charge in [0.1, 0.15) is 0 Å². The topological polar surface area (TPSA) is 17.8 Å². The summed E-state index contributed by atoms with van der Waals surface area (Å²) in [5, 5.41) is 5.13. The molecule has 2 atom stereocenters. The van der Waals surface area contributed by atoms with Crippen LogP contribution in [0, 0.1) is 5.92 Å². The Hall–Kier alpha value is -4.69. The van der Waals surface area contributed by atoms with Crippen molar-refractivity contribution in [3.63, 3.8) is 0 Å². The Labute approximate surface area is 265 Å². The van der Waals surface area contributed by atoms with E-state index < -0.39 is 0 Å². The van der Waals surface area contributed by atoms with Gasteiger partial charge in [-0.15, -0.1) is 0 Å². The van der Waals surface area contributed by atoms with Gasteiger partial charge < -0.3 is 4.57 Å². The normalized spacial score (nSPS) is 19.7. The van der Waals surface area contributed by atoms with Crippen LogP contribution in [-0.4, -0.2) is 9.55 Å². The van der Waals surface area contributed by atoms with Crippen LogP contribution in [0.4, 0.5) is 0 Å². The molecule has 1 saturated carbocycles. The van der Waals surface area contributed by atoms with Gasteiger partial charge in [-0.25, -0.2) is 0 Å². The summed E-state index contributed by atoms with van der Waals surface area (Å²) in [7, 11) is 0. The largest absolute Gasteiger partial charge is 0.309 e. The maximum absolute atomic E-state index is 5.06. The van der Waals surface area contributed by atoms with Gasteiger partial charge >= 0.3 is 0 Å². The lowest BCUT2D eigenvalue weighted by molar-refractivity contribution is 0.573. The SMILES string of the molecule is CCC1CC1(CC)c1ccc(-c2ccc3c(c2)C(C)(C)c2cccc4c5ccccc5n-3c24)cc1-c1nccc2ccccc12. The molecule has 3 heterocycles. The molecular formula is C43H38N2. The minimum absolute atomic E-state index is 0.135. The summed E-state index contributed by atoms with van der Waals surface area (Å²) < 4.78 is 2.50. The van der Waals surface area contributed by atoms with E-state index in [1.807, 2.05) is 6.20 Å². The molecule has 1 fully saturated rings. The molecule has 0 radical (unpaired) electrons. The van der Waals surface area contributed by atoms with Crippen LogP contribution < -0.4 is 0 Å². The predicted molar refractivity (Wildman–Crippen MR) is 189 cm³/mol. The monoisotopic (exact) mass is 582 g/mol. The van der Waals surface area contributed by atoms with E-state index in [1.54, 1.807) is 0 Å². The fraction of sp³-hybridized carbons (Fsp3) is 0.233. The Balaban J connectivity index is 1.27. The molecule has 0 bridgehead atoms. The number of hydrogen-bond donors (Lipinski definition) is 0. The minimum atomic E-state index is -0.135. The first kappa shape index (κ1) is 26.7. The van der Waals surface area contributed by atoms with Crippen LogP contribution in [-0.2, 0) is 10.8 Å². The molecule has 0 spiro atoms. The molecule has 5 aromatic carbocycles. The summed E-state index contributed by atoms with van der Waals surface area (Å²) in [5.41, 5.74) is 13.2. The highest BCUT2D eigenvalue weighted by atomic mass is 15.0. The first-order chi connectivity index (χ1) is 22.0. The number of nitrogens with zero attached hydrogens (tertiary/aromatic N) is 2. The summed E-state index contributed by atoms with van der Waals surface area (Å²) >= 11 is 0. The summed E-state index contributed by atoms with van der Waals surface area (Å²) in [6.07, 6.45) is 5.63. The van der Waals surface area contributed by atoms with Gasteiger partial charge in [0.25, 0.3) is 0 Å². The Bertz CT molecular complexity index is 2310. The third-order valence-corrected chi connectivity index (χ3v) is 11.5. The van der Waals surface area contributed by atoms with Crippen LogP contribution in [0.1, 0.15) is 63.6 Å². The fourth-order valence-electron chi connectivity index (χ4n) is 8.89. The van der Waals surface area contributed by atoms with Crippen LogP contribution in [0.15, 0.2) is 115 Å². The van der Waals surface area contributed by atoms with Gasteiger partial charge in [-0.05, 0) is 87.7 Å². The Morgan fingerprint density at radius 1 is 0.711 bits per heavy atom. The number of para-hydroxylation sites is 2. The zero-order valence-corrected chi connectivity index (χ0v) is 26.6. The summed E-state index contributed by atoms with van der Waals surface area (Å²) in [6, 6.07) is 41.0. The quantitative estimate of drug-likeness (QED) is 0.197. The molecule has 220 valence electrons. The summed E-state index contributed by atoms with van der Waals surface area (Å²) in [4.78, 5) is 5.06. The lowest BCUT2D eigenvalue weighted by Crippen LogP contribution is -2.26. The predicted octanol–water partition coefficient (Wildman–Crippen LogP) is 11.4. The molecule has 0 saturated heterocycles. The highest BCUT2D eigenvalue weighted by molar-refractivity contribution is 6.11. The average Bonchev–Trinajstić information content (AvgIpc) is 3.73. The van der Waals surface area contributed by atoms with Crippen LogP contribution in [0.2, 0.25) is 0 Å². The zero-order valence-electron chi connectivity index (χ0n) is 26.6. The highest BCUT2D eigenvalue weighted by Gasteiger charge is 2.53. The van der Waals surface area contributed by atoms with Gasteiger partial charge in [0, 0.05) is 33.3 Å². The molecule has 9 rings (SSSR count). The number of hydrogen-bond acceptors (Lipinski definition) is 1. The molecule has 0 amide bonds. The van der Waals surface area contributed by atoms with Gasteiger partial charge in [0.15, 0.2) is 0 Å². The summed E-state index contributed by atoms with van der Waals surface area (Å²) in [6.45, 7) is 9.50. The van der Waals surface area contributed by atoms with E-state index in [1.165, 1.54) is 84.5 Å². The molecule has 7 aromatic rings. The van der Waals surface area contributed by atoms with Crippen LogP contribution >= 0.6 is 0 Å². The van der Waals surface area contributed by atoms with E-state index in [0.717, 1.165) is 18.0 Å². The Morgan fingerprint density at radius 3 is 2.29 bits per heavy atom. The molecule has 2 heteroatoms. The van der Waals surface area contributed by atoms with Crippen LogP contribution in [0.3, 0.4) is 0 Å². The summed E-state index contributed by atoms with van der Waals surface area (Å²) in [5.74, 6) is 0.736. The van der Waals surface area contributed by atoms with Crippen molar-refractivity contribution in [1.29, 1.82) is 0 Å². The lowest BCUT2D eigenvalue weighted by Gasteiger charge is -2.35. The fourth-order valence-corrected chi connectivity index (χ4v) is 8.89. The van der Waals surface area contributed by atoms with E-state index in [0.29, 0.717) is 0 Å². The first-order valence-corrected chi connectivity index (χ1v) is 16.6. The van der Waals surface area contributed by atoms with Gasteiger partial charge in [-0.2, -0.15) is 0 Å². The van der Waals surface area contributed by atoms with Crippen molar-refractivity contribution in [3.8, 4) is 28.1 Å². The molecule has 2 unspecified atom stereocenters. The number of aromatic nitrogens is 2. The van der Waals surface area contributed by atoms with Gasteiger partial charge in [-0.3, -0.25) is 4.98 Å². The van der Waals surface area contributed by atoms with Crippen LogP contribution in [0.25, 0.3) is 60.6 Å². The first-order valence-electron chi connectivity index (χ1n) is 16.6. The average molecular weight is 583 g/mol. The number of pyridine rings is 1. The van der Waals surface area contributed by atoms with Crippen molar-refractivity contribution < 1.29 is 0 Å². The van der Waals surface area contributed by atoms with E-state index in [2.05, 4.69) is 141 Å². The zero-order chi connectivity index (χ0) is 30.5. The molecule has 45 heavy (non-hydrogen) atoms. The second-order valence-corrected chi connectivity index (χ2v) is 13.9. The smallest absolute Gasteiger partial charge is 0.0783 e. The van der Waals surface area contributed by atoms with Crippen molar-refractivity contribution in [2.75, 3.05) is 0 Å². The van der Waals surface area contributed by atoms with Crippen molar-refractivity contribution in [3.05, 3.63) is 132 Å². The molecule has 1 aliphatic carbocycles. The Morgan fingerprint density at radius 2 is 1.47 bits per heavy atom. The van der Waals surface area contributed by atoms with Gasteiger partial charge in [0.05, 0.1) is 22.4 Å². The maximum atomic E-state index is 5.06. The minimum Gasteiger partial charge on any atom is -0.309 e. The van der Waals surface area contributed by atoms with Crippen molar-refractivity contribution >= 4 is 32.6 Å². The Kier molecular flexibility index (Phi) is 5.58. The van der Waals surface area contributed by atoms with Crippen molar-refractivity contribution in [2.24, 2.45) is 5.92 Å². The molecule has 1 aliphatic heterocycles. The van der Waals surface area contributed by atoms with Crippen molar-refractivity contribution in [1.82, 2.24) is 9.55 Å². The second kappa shape index (κ2) is 9.41. The van der Waals surface area contributed by atoms with Gasteiger partial charge in [-0.1, -0.05) is 113 Å². The molecule has 0 N–H and O–H groups in total. The van der Waals surface area contributed by atoms with E-state index >= 15 is 0 Å². The molecule has 2 nitrogen and oxygen atoms in total. The standard InChI is InChI=1S/C43H38N2/c1-5-30-26-43(30,6-2)35-20-18-28(24-34(35)40-31-13-8-7-12-27(31)22-23-44-40)29-19-21-39-37(25-29)42(3,4)36-16-11-15-33-32-14-9-10-17-38(32)45(39)41(33)36/h7-25,30H,5-6,26H2,1-4H3. The van der Waals surface area contributed by atoms with E-state index in [9.17, 15) is 0 Å². The lowest BCUT2D eigenvalue weighted by atomic mass is 9.74. The number of benzene rings is 5. The maximum Gasteiger partial charge on any atom is 0.0783 e. The highest BCUT2D eigenvalue weighted by Crippen LogP contribution is 2.60.